The zero-order valence-corrected chi connectivity index (χ0v) is 13.5. The molecule has 1 unspecified atom stereocenters. The summed E-state index contributed by atoms with van der Waals surface area (Å²) in [7, 11) is 0. The zero-order valence-electron chi connectivity index (χ0n) is 9.50. The Balaban J connectivity index is 2.21. The molecule has 1 aromatic carbocycles. The van der Waals surface area contributed by atoms with Crippen LogP contribution in [0.1, 0.15) is 23.7 Å². The van der Waals surface area contributed by atoms with Crippen LogP contribution in [0.3, 0.4) is 0 Å². The number of benzene rings is 1. The van der Waals surface area contributed by atoms with E-state index in [9.17, 15) is 0 Å². The maximum absolute atomic E-state index is 4.49. The molecule has 0 radical (unpaired) electrons. The molecular formula is C12H12Br2N2S. The Hall–Kier alpha value is -0.390. The minimum absolute atomic E-state index is 0.190. The number of halogens is 2. The molecule has 0 aliphatic carbocycles. The lowest BCUT2D eigenvalue weighted by molar-refractivity contribution is 0.843. The zero-order chi connectivity index (χ0) is 12.4. The Bertz CT molecular complexity index is 505. The molecule has 0 saturated heterocycles. The third-order valence-corrected chi connectivity index (χ3v) is 4.52. The van der Waals surface area contributed by atoms with Gasteiger partial charge in [0.25, 0.3) is 0 Å². The summed E-state index contributed by atoms with van der Waals surface area (Å²) in [4.78, 5) is 4.49. The second kappa shape index (κ2) is 5.50. The highest BCUT2D eigenvalue weighted by Gasteiger charge is 2.12. The molecule has 5 heteroatoms. The van der Waals surface area contributed by atoms with Crippen molar-refractivity contribution in [1.29, 1.82) is 0 Å². The summed E-state index contributed by atoms with van der Waals surface area (Å²) >= 11 is 8.76. The lowest BCUT2D eigenvalue weighted by Crippen LogP contribution is -2.08. The van der Waals surface area contributed by atoms with Crippen LogP contribution in [0.15, 0.2) is 32.5 Å². The normalized spacial score (nSPS) is 12.5. The first kappa shape index (κ1) is 13.1. The van der Waals surface area contributed by atoms with Crippen LogP contribution in [0.25, 0.3) is 0 Å². The molecule has 17 heavy (non-hydrogen) atoms. The Labute approximate surface area is 122 Å². The molecule has 0 spiro atoms. The van der Waals surface area contributed by atoms with Crippen LogP contribution in [-0.4, -0.2) is 4.98 Å². The van der Waals surface area contributed by atoms with Crippen LogP contribution in [0.5, 0.6) is 0 Å². The first-order valence-electron chi connectivity index (χ1n) is 5.20. The first-order valence-corrected chi connectivity index (χ1v) is 7.67. The number of hydrogen-bond acceptors (Lipinski definition) is 3. The number of thiazole rings is 1. The number of para-hydroxylation sites is 1. The molecule has 1 N–H and O–H groups in total. The summed E-state index contributed by atoms with van der Waals surface area (Å²) in [6, 6.07) is 6.23. The van der Waals surface area contributed by atoms with E-state index < -0.39 is 0 Å². The molecule has 2 nitrogen and oxygen atoms in total. The maximum atomic E-state index is 4.49. The van der Waals surface area contributed by atoms with E-state index in [-0.39, 0.29) is 6.04 Å². The van der Waals surface area contributed by atoms with Crippen LogP contribution < -0.4 is 5.32 Å². The largest absolute Gasteiger partial charge is 0.375 e. The fraction of sp³-hybridized carbons (Fsp3) is 0.250. The predicted molar refractivity (Wildman–Crippen MR) is 80.7 cm³/mol. The van der Waals surface area contributed by atoms with Crippen molar-refractivity contribution in [2.75, 3.05) is 5.32 Å². The number of hydrogen-bond donors (Lipinski definition) is 1. The minimum atomic E-state index is 0.190. The summed E-state index contributed by atoms with van der Waals surface area (Å²) in [6.07, 6.45) is 0. The summed E-state index contributed by atoms with van der Waals surface area (Å²) in [5.74, 6) is 0. The molecule has 1 heterocycles. The van der Waals surface area contributed by atoms with Gasteiger partial charge in [0.2, 0.25) is 0 Å². The van der Waals surface area contributed by atoms with Crippen molar-refractivity contribution in [2.45, 2.75) is 19.9 Å². The van der Waals surface area contributed by atoms with E-state index in [1.54, 1.807) is 11.3 Å². The average molecular weight is 376 g/mol. The highest BCUT2D eigenvalue weighted by Crippen LogP contribution is 2.33. The molecule has 0 saturated carbocycles. The van der Waals surface area contributed by atoms with Gasteiger partial charge in [0.1, 0.15) is 0 Å². The van der Waals surface area contributed by atoms with Crippen LogP contribution in [0.4, 0.5) is 5.69 Å². The fourth-order valence-electron chi connectivity index (χ4n) is 1.51. The Morgan fingerprint density at radius 2 is 1.94 bits per heavy atom. The third kappa shape index (κ3) is 3.09. The lowest BCUT2D eigenvalue weighted by atomic mass is 10.2. The molecule has 0 bridgehead atoms. The van der Waals surface area contributed by atoms with Gasteiger partial charge < -0.3 is 5.32 Å². The molecule has 0 fully saturated rings. The summed E-state index contributed by atoms with van der Waals surface area (Å²) in [5, 5.41) is 6.65. The van der Waals surface area contributed by atoms with E-state index in [4.69, 9.17) is 0 Å². The van der Waals surface area contributed by atoms with Crippen LogP contribution in [0, 0.1) is 6.92 Å². The van der Waals surface area contributed by atoms with Crippen molar-refractivity contribution in [3.63, 3.8) is 0 Å². The molecule has 0 aliphatic heterocycles. The molecule has 2 aromatic rings. The van der Waals surface area contributed by atoms with Crippen molar-refractivity contribution < 1.29 is 0 Å². The van der Waals surface area contributed by atoms with E-state index in [1.807, 2.05) is 25.1 Å². The number of aryl methyl sites for hydroxylation is 1. The standard InChI is InChI=1S/C12H12Br2N2S/c1-7(11-6-17-8(2)16-11)15-12-9(13)4-3-5-10(12)14/h3-7,15H,1-2H3. The van der Waals surface area contributed by atoms with Crippen LogP contribution in [0.2, 0.25) is 0 Å². The number of nitrogens with zero attached hydrogens (tertiary/aromatic N) is 1. The smallest absolute Gasteiger partial charge is 0.0898 e. The average Bonchev–Trinajstić information content (AvgIpc) is 2.70. The number of anilines is 1. The molecular weight excluding hydrogens is 364 g/mol. The number of rotatable bonds is 3. The van der Waals surface area contributed by atoms with E-state index in [2.05, 4.69) is 54.5 Å². The van der Waals surface area contributed by atoms with Crippen LogP contribution >= 0.6 is 43.2 Å². The third-order valence-electron chi connectivity index (χ3n) is 2.40. The first-order chi connectivity index (χ1) is 8.08. The van der Waals surface area contributed by atoms with Gasteiger partial charge >= 0.3 is 0 Å². The van der Waals surface area contributed by atoms with Gasteiger partial charge in [0.15, 0.2) is 0 Å². The second-order valence-corrected chi connectivity index (χ2v) is 6.52. The molecule has 2 rings (SSSR count). The lowest BCUT2D eigenvalue weighted by Gasteiger charge is -2.16. The van der Waals surface area contributed by atoms with Gasteiger partial charge in [-0.2, -0.15) is 0 Å². The second-order valence-electron chi connectivity index (χ2n) is 3.75. The monoisotopic (exact) mass is 374 g/mol. The van der Waals surface area contributed by atoms with Crippen molar-refractivity contribution >= 4 is 48.9 Å². The van der Waals surface area contributed by atoms with E-state index in [1.165, 1.54) is 0 Å². The van der Waals surface area contributed by atoms with Crippen molar-refractivity contribution in [3.8, 4) is 0 Å². The Morgan fingerprint density at radius 3 is 2.47 bits per heavy atom. The number of aromatic nitrogens is 1. The summed E-state index contributed by atoms with van der Waals surface area (Å²) in [5.41, 5.74) is 2.14. The quantitative estimate of drug-likeness (QED) is 0.802. The van der Waals surface area contributed by atoms with Gasteiger partial charge in [-0.3, -0.25) is 0 Å². The summed E-state index contributed by atoms with van der Waals surface area (Å²) in [6.45, 7) is 4.13. The van der Waals surface area contributed by atoms with Crippen LogP contribution in [-0.2, 0) is 0 Å². The highest BCUT2D eigenvalue weighted by molar-refractivity contribution is 9.11. The fourth-order valence-corrected chi connectivity index (χ4v) is 3.44. The molecule has 1 aromatic heterocycles. The van der Waals surface area contributed by atoms with Crippen molar-refractivity contribution in [3.05, 3.63) is 43.2 Å². The molecule has 0 aliphatic rings. The van der Waals surface area contributed by atoms with Gasteiger partial charge in [-0.05, 0) is 57.8 Å². The molecule has 90 valence electrons. The molecule has 1 atom stereocenters. The van der Waals surface area contributed by atoms with Gasteiger partial charge in [0.05, 0.1) is 22.4 Å². The maximum Gasteiger partial charge on any atom is 0.0898 e. The van der Waals surface area contributed by atoms with Gasteiger partial charge in [-0.1, -0.05) is 6.07 Å². The van der Waals surface area contributed by atoms with Gasteiger partial charge in [-0.25, -0.2) is 4.98 Å². The number of nitrogens with one attached hydrogen (secondary N) is 1. The Kier molecular flexibility index (Phi) is 4.22. The van der Waals surface area contributed by atoms with Crippen molar-refractivity contribution in [2.24, 2.45) is 0 Å². The molecule has 0 amide bonds. The minimum Gasteiger partial charge on any atom is -0.375 e. The van der Waals surface area contributed by atoms with E-state index in [0.717, 1.165) is 25.3 Å². The van der Waals surface area contributed by atoms with Crippen molar-refractivity contribution in [1.82, 2.24) is 4.98 Å². The van der Waals surface area contributed by atoms with E-state index >= 15 is 0 Å². The Morgan fingerprint density at radius 1 is 1.29 bits per heavy atom. The highest BCUT2D eigenvalue weighted by atomic mass is 79.9. The topological polar surface area (TPSA) is 24.9 Å². The van der Waals surface area contributed by atoms with Gasteiger partial charge in [-0.15, -0.1) is 11.3 Å². The predicted octanol–water partition coefficient (Wildman–Crippen LogP) is 5.15. The van der Waals surface area contributed by atoms with Gasteiger partial charge in [0, 0.05) is 14.3 Å². The summed E-state index contributed by atoms with van der Waals surface area (Å²) < 4.78 is 2.09. The van der Waals surface area contributed by atoms with E-state index in [0.29, 0.717) is 0 Å². The SMILES string of the molecule is Cc1nc(C(C)Nc2c(Br)cccc2Br)cs1.